The van der Waals surface area contributed by atoms with E-state index in [1.54, 1.807) is 23.1 Å². The van der Waals surface area contributed by atoms with Gasteiger partial charge in [-0.05, 0) is 19.8 Å². The third kappa shape index (κ3) is 3.64. The molecule has 28 heavy (non-hydrogen) atoms. The molecule has 11 nitrogen and oxygen atoms in total. The Hall–Kier alpha value is -2.73. The van der Waals surface area contributed by atoms with Crippen LogP contribution in [0.1, 0.15) is 19.8 Å². The highest BCUT2D eigenvalue weighted by atomic mass is 32.2. The molecule has 1 aliphatic rings. The Balaban J connectivity index is 1.57. The van der Waals surface area contributed by atoms with Gasteiger partial charge in [0.05, 0.1) is 25.3 Å². The first-order valence-electron chi connectivity index (χ1n) is 9.05. The van der Waals surface area contributed by atoms with Gasteiger partial charge in [-0.1, -0.05) is 0 Å². The van der Waals surface area contributed by atoms with Crippen LogP contribution in [0, 0.1) is 0 Å². The number of hydrogen-bond donors (Lipinski definition) is 2. The molecular formula is C16H22N8O3S. The van der Waals surface area contributed by atoms with Gasteiger partial charge in [0, 0.05) is 30.9 Å². The van der Waals surface area contributed by atoms with Gasteiger partial charge in [0.1, 0.15) is 5.69 Å². The average molecular weight is 406 g/mol. The van der Waals surface area contributed by atoms with Crippen molar-refractivity contribution in [1.29, 1.82) is 0 Å². The average Bonchev–Trinajstić information content (AvgIpc) is 3.31. The van der Waals surface area contributed by atoms with E-state index in [0.29, 0.717) is 55.7 Å². The number of rotatable bonds is 6. The number of aromatic amines is 1. The molecule has 150 valence electrons. The summed E-state index contributed by atoms with van der Waals surface area (Å²) in [6.07, 6.45) is 7.67. The number of fused-ring (bicyclic) bond motifs is 1. The van der Waals surface area contributed by atoms with Crippen LogP contribution in [0.3, 0.4) is 0 Å². The largest absolute Gasteiger partial charge is 0.476 e. The lowest BCUT2D eigenvalue weighted by Crippen LogP contribution is -2.41. The van der Waals surface area contributed by atoms with Crippen molar-refractivity contribution in [2.45, 2.75) is 25.8 Å². The molecule has 3 aromatic heterocycles. The van der Waals surface area contributed by atoms with E-state index in [4.69, 9.17) is 4.74 Å². The van der Waals surface area contributed by atoms with Crippen molar-refractivity contribution in [3.8, 4) is 17.1 Å². The first-order valence-corrected chi connectivity index (χ1v) is 10.9. The fourth-order valence-electron chi connectivity index (χ4n) is 3.26. The summed E-state index contributed by atoms with van der Waals surface area (Å²) in [5.41, 5.74) is 1.98. The summed E-state index contributed by atoms with van der Waals surface area (Å²) < 4.78 is 32.2. The molecule has 0 saturated carbocycles. The molecule has 1 fully saturated rings. The van der Waals surface area contributed by atoms with Crippen LogP contribution in [0.15, 0.2) is 18.6 Å². The standard InChI is InChI=1S/C16H22N8O3S/c1-3-27-15-14(11-8-18-19-9-11)17-10-13-21-16(22-24(13)15)20-12-4-6-23(7-5-12)28(2,25)26/h8-10,12H,3-7H2,1-2H3,(H,18,19)(H,20,22). The van der Waals surface area contributed by atoms with Crippen LogP contribution >= 0.6 is 0 Å². The monoisotopic (exact) mass is 406 g/mol. The maximum absolute atomic E-state index is 11.6. The summed E-state index contributed by atoms with van der Waals surface area (Å²) in [6, 6.07) is 0.104. The molecule has 0 aliphatic carbocycles. The van der Waals surface area contributed by atoms with Crippen molar-refractivity contribution in [2.75, 3.05) is 31.3 Å². The summed E-state index contributed by atoms with van der Waals surface area (Å²) in [5, 5.41) is 14.6. The Morgan fingerprint density at radius 2 is 2.11 bits per heavy atom. The molecule has 12 heteroatoms. The second kappa shape index (κ2) is 7.36. The topological polar surface area (TPSA) is 130 Å². The fourth-order valence-corrected chi connectivity index (χ4v) is 4.13. The lowest BCUT2D eigenvalue weighted by molar-refractivity contribution is 0.318. The zero-order valence-electron chi connectivity index (χ0n) is 15.7. The van der Waals surface area contributed by atoms with Gasteiger partial charge in [0.25, 0.3) is 0 Å². The number of ether oxygens (including phenoxy) is 1. The highest BCUT2D eigenvalue weighted by molar-refractivity contribution is 7.88. The van der Waals surface area contributed by atoms with Crippen LogP contribution < -0.4 is 10.1 Å². The van der Waals surface area contributed by atoms with Crippen LogP contribution in [-0.2, 0) is 10.0 Å². The summed E-state index contributed by atoms with van der Waals surface area (Å²) in [4.78, 5) is 8.94. The van der Waals surface area contributed by atoms with Gasteiger partial charge in [-0.25, -0.2) is 17.7 Å². The zero-order chi connectivity index (χ0) is 19.7. The van der Waals surface area contributed by atoms with Gasteiger partial charge in [0.15, 0.2) is 5.65 Å². The number of H-pyrrole nitrogens is 1. The molecule has 3 aromatic rings. The van der Waals surface area contributed by atoms with Crippen LogP contribution in [0.25, 0.3) is 16.9 Å². The van der Waals surface area contributed by atoms with E-state index in [-0.39, 0.29) is 6.04 Å². The van der Waals surface area contributed by atoms with E-state index in [1.807, 2.05) is 6.92 Å². The summed E-state index contributed by atoms with van der Waals surface area (Å²) >= 11 is 0. The van der Waals surface area contributed by atoms with Crippen molar-refractivity contribution in [2.24, 2.45) is 0 Å². The van der Waals surface area contributed by atoms with Gasteiger partial charge in [-0.3, -0.25) is 5.10 Å². The normalized spacial score (nSPS) is 16.5. The molecule has 4 heterocycles. The Labute approximate surface area is 162 Å². The molecule has 2 N–H and O–H groups in total. The van der Waals surface area contributed by atoms with E-state index in [2.05, 4.69) is 30.6 Å². The number of sulfonamides is 1. The maximum Gasteiger partial charge on any atom is 0.244 e. The van der Waals surface area contributed by atoms with E-state index >= 15 is 0 Å². The highest BCUT2D eigenvalue weighted by Crippen LogP contribution is 2.28. The summed E-state index contributed by atoms with van der Waals surface area (Å²) in [7, 11) is -3.14. The second-order valence-electron chi connectivity index (χ2n) is 6.62. The smallest absolute Gasteiger partial charge is 0.244 e. The lowest BCUT2D eigenvalue weighted by atomic mass is 10.1. The SMILES string of the molecule is CCOc1c(-c2cn[nH]c2)ncc2nc(NC3CCN(S(C)(=O)=O)CC3)nn12. The van der Waals surface area contributed by atoms with E-state index in [0.717, 1.165) is 5.56 Å². The molecule has 0 atom stereocenters. The van der Waals surface area contributed by atoms with Crippen molar-refractivity contribution in [3.63, 3.8) is 0 Å². The summed E-state index contributed by atoms with van der Waals surface area (Å²) in [5.74, 6) is 0.957. The minimum atomic E-state index is -3.14. The third-order valence-electron chi connectivity index (χ3n) is 4.65. The molecule has 0 radical (unpaired) electrons. The van der Waals surface area contributed by atoms with Crippen LogP contribution in [-0.4, -0.2) is 74.5 Å². The van der Waals surface area contributed by atoms with Crippen LogP contribution in [0.5, 0.6) is 5.88 Å². The first-order chi connectivity index (χ1) is 13.5. The van der Waals surface area contributed by atoms with Gasteiger partial charge >= 0.3 is 0 Å². The van der Waals surface area contributed by atoms with Gasteiger partial charge in [-0.2, -0.15) is 14.6 Å². The Morgan fingerprint density at radius 1 is 1.32 bits per heavy atom. The molecule has 1 aliphatic heterocycles. The van der Waals surface area contributed by atoms with Crippen molar-refractivity contribution in [1.82, 2.24) is 34.1 Å². The zero-order valence-corrected chi connectivity index (χ0v) is 16.5. The maximum atomic E-state index is 11.6. The van der Waals surface area contributed by atoms with Crippen molar-refractivity contribution >= 4 is 21.6 Å². The Bertz CT molecular complexity index is 1060. The molecular weight excluding hydrogens is 384 g/mol. The van der Waals surface area contributed by atoms with Crippen molar-refractivity contribution < 1.29 is 13.2 Å². The second-order valence-corrected chi connectivity index (χ2v) is 8.60. The third-order valence-corrected chi connectivity index (χ3v) is 5.95. The summed E-state index contributed by atoms with van der Waals surface area (Å²) in [6.45, 7) is 3.32. The number of aromatic nitrogens is 6. The number of hydrogen-bond acceptors (Lipinski definition) is 8. The van der Waals surface area contributed by atoms with E-state index < -0.39 is 10.0 Å². The molecule has 0 amide bonds. The van der Waals surface area contributed by atoms with Gasteiger partial charge < -0.3 is 10.1 Å². The molecule has 0 spiro atoms. The fraction of sp³-hybridized carbons (Fsp3) is 0.500. The van der Waals surface area contributed by atoms with Crippen LogP contribution in [0.4, 0.5) is 5.95 Å². The lowest BCUT2D eigenvalue weighted by Gasteiger charge is -2.30. The Morgan fingerprint density at radius 3 is 2.75 bits per heavy atom. The number of nitrogens with one attached hydrogen (secondary N) is 2. The number of piperidine rings is 1. The molecule has 4 rings (SSSR count). The molecule has 0 unspecified atom stereocenters. The number of nitrogens with zero attached hydrogens (tertiary/aromatic N) is 6. The predicted molar refractivity (Wildman–Crippen MR) is 103 cm³/mol. The quantitative estimate of drug-likeness (QED) is 0.613. The van der Waals surface area contributed by atoms with E-state index in [1.165, 1.54) is 10.6 Å². The van der Waals surface area contributed by atoms with Gasteiger partial charge in [-0.15, -0.1) is 5.10 Å². The molecule has 0 aromatic carbocycles. The predicted octanol–water partition coefficient (Wildman–Crippen LogP) is 0.749. The molecule has 0 bridgehead atoms. The van der Waals surface area contributed by atoms with Crippen LogP contribution in [0.2, 0.25) is 0 Å². The van der Waals surface area contributed by atoms with E-state index in [9.17, 15) is 8.42 Å². The minimum absolute atomic E-state index is 0.104. The minimum Gasteiger partial charge on any atom is -0.476 e. The highest BCUT2D eigenvalue weighted by Gasteiger charge is 2.26. The Kier molecular flexibility index (Phi) is 4.89. The number of anilines is 1. The molecule has 1 saturated heterocycles. The van der Waals surface area contributed by atoms with Gasteiger partial charge in [0.2, 0.25) is 21.9 Å². The van der Waals surface area contributed by atoms with Crippen molar-refractivity contribution in [3.05, 3.63) is 18.6 Å². The first kappa shape index (κ1) is 18.6.